The van der Waals surface area contributed by atoms with Crippen molar-refractivity contribution in [1.82, 2.24) is 0 Å². The molecule has 0 radical (unpaired) electrons. The van der Waals surface area contributed by atoms with Crippen LogP contribution in [0.3, 0.4) is 0 Å². The average molecular weight is 412 g/mol. The molecule has 7 nitrogen and oxygen atoms in total. The van der Waals surface area contributed by atoms with E-state index >= 15 is 0 Å². The fourth-order valence-corrected chi connectivity index (χ4v) is 7.37. The Morgan fingerprint density at radius 2 is 1.77 bits per heavy atom. The number of carbonyl (C=O) groups excluding carboxylic acids is 2. The van der Waals surface area contributed by atoms with E-state index in [0.717, 1.165) is 24.2 Å². The normalized spacial score (nSPS) is 39.2. The lowest BCUT2D eigenvalue weighted by Crippen LogP contribution is -2.53. The highest BCUT2D eigenvalue weighted by molar-refractivity contribution is 6.04. The zero-order valence-electron chi connectivity index (χ0n) is 17.3. The van der Waals surface area contributed by atoms with Crippen LogP contribution in [-0.4, -0.2) is 39.9 Å². The van der Waals surface area contributed by atoms with Gasteiger partial charge in [0, 0.05) is 12.2 Å². The summed E-state index contributed by atoms with van der Waals surface area (Å²) >= 11 is 0. The smallest absolute Gasteiger partial charge is 0.303 e. The summed E-state index contributed by atoms with van der Waals surface area (Å²) in [5.74, 6) is 1.88. The predicted molar refractivity (Wildman–Crippen MR) is 112 cm³/mol. The van der Waals surface area contributed by atoms with Gasteiger partial charge in [0.2, 0.25) is 11.5 Å². The molecule has 4 aliphatic carbocycles. The van der Waals surface area contributed by atoms with E-state index in [9.17, 15) is 14.7 Å². The molecule has 2 atom stereocenters. The van der Waals surface area contributed by atoms with Gasteiger partial charge in [-0.25, -0.2) is 4.48 Å². The summed E-state index contributed by atoms with van der Waals surface area (Å²) in [6, 6.07) is 0. The number of aliphatic imine (C=N–C) groups is 1. The lowest BCUT2D eigenvalue weighted by atomic mass is 9.48. The number of amidine groups is 1. The van der Waals surface area contributed by atoms with Gasteiger partial charge < -0.3 is 16.6 Å². The number of carbonyl (C=O) groups is 2. The number of hydrogen-bond acceptors (Lipinski definition) is 4. The second-order valence-corrected chi connectivity index (χ2v) is 10.3. The second-order valence-electron chi connectivity index (χ2n) is 10.3. The second kappa shape index (κ2) is 6.89. The first-order valence-electron chi connectivity index (χ1n) is 11.2. The lowest BCUT2D eigenvalue weighted by Gasteiger charge is -2.57. The number of aliphatic hydroxyl groups is 1. The highest BCUT2D eigenvalue weighted by atomic mass is 16.3. The predicted octanol–water partition coefficient (Wildman–Crippen LogP) is 1.84. The molecule has 0 saturated heterocycles. The Morgan fingerprint density at radius 1 is 1.13 bits per heavy atom. The zero-order valence-corrected chi connectivity index (χ0v) is 17.3. The van der Waals surface area contributed by atoms with Crippen LogP contribution in [0.5, 0.6) is 0 Å². The van der Waals surface area contributed by atoms with Gasteiger partial charge in [-0.05, 0) is 80.6 Å². The topological polar surface area (TPSA) is 119 Å². The minimum absolute atomic E-state index is 0.0944. The first-order chi connectivity index (χ1) is 14.3. The number of primary amides is 2. The first-order valence-corrected chi connectivity index (χ1v) is 11.2. The van der Waals surface area contributed by atoms with Gasteiger partial charge in [-0.2, -0.15) is 4.99 Å². The highest BCUT2D eigenvalue weighted by Crippen LogP contribution is 2.61. The summed E-state index contributed by atoms with van der Waals surface area (Å²) < 4.78 is -0.133. The van der Waals surface area contributed by atoms with Crippen molar-refractivity contribution in [3.8, 4) is 0 Å². The van der Waals surface area contributed by atoms with Gasteiger partial charge in [0.05, 0.1) is 0 Å². The van der Waals surface area contributed by atoms with Gasteiger partial charge in [-0.3, -0.25) is 9.59 Å². The van der Waals surface area contributed by atoms with E-state index in [1.807, 2.05) is 0 Å². The SMILES string of the molecule is NC(=O)C1=C[N+]2(C[C@@H](O)CCC34CC5CC(CC(C5)C3)C4)C(C(N)=O)=CC=CC2=N1. The van der Waals surface area contributed by atoms with E-state index < -0.39 is 17.9 Å². The van der Waals surface area contributed by atoms with Crippen LogP contribution in [0, 0.1) is 23.2 Å². The van der Waals surface area contributed by atoms with E-state index in [0.29, 0.717) is 23.4 Å². The number of quaternary nitrogens is 1. The van der Waals surface area contributed by atoms with Gasteiger partial charge in [0.15, 0.2) is 5.70 Å². The molecule has 2 heterocycles. The third kappa shape index (κ3) is 3.15. The lowest BCUT2D eigenvalue weighted by molar-refractivity contribution is -0.744. The van der Waals surface area contributed by atoms with E-state index in [1.54, 1.807) is 24.4 Å². The highest BCUT2D eigenvalue weighted by Gasteiger charge is 2.51. The molecule has 6 aliphatic rings. The molecular weight excluding hydrogens is 380 g/mol. The first kappa shape index (κ1) is 19.7. The van der Waals surface area contributed by atoms with Crippen molar-refractivity contribution in [2.45, 2.75) is 57.5 Å². The third-order valence-electron chi connectivity index (χ3n) is 8.09. The molecule has 0 aromatic carbocycles. The molecule has 5 N–H and O–H groups in total. The van der Waals surface area contributed by atoms with Gasteiger partial charge in [-0.15, -0.1) is 0 Å². The van der Waals surface area contributed by atoms with Crippen LogP contribution in [0.15, 0.2) is 40.8 Å². The van der Waals surface area contributed by atoms with Crippen LogP contribution in [0.2, 0.25) is 0 Å². The third-order valence-corrected chi connectivity index (χ3v) is 8.09. The average Bonchev–Trinajstić information content (AvgIpc) is 3.04. The van der Waals surface area contributed by atoms with Crippen molar-refractivity contribution in [2.24, 2.45) is 39.6 Å². The number of nitrogens with zero attached hydrogens (tertiary/aromatic N) is 2. The Bertz CT molecular complexity index is 880. The van der Waals surface area contributed by atoms with Crippen LogP contribution >= 0.6 is 0 Å². The summed E-state index contributed by atoms with van der Waals surface area (Å²) in [7, 11) is 0. The molecule has 2 amide bonds. The van der Waals surface area contributed by atoms with Crippen molar-refractivity contribution < 1.29 is 19.2 Å². The van der Waals surface area contributed by atoms with Crippen LogP contribution in [0.1, 0.15) is 51.4 Å². The van der Waals surface area contributed by atoms with Gasteiger partial charge in [0.1, 0.15) is 18.8 Å². The van der Waals surface area contributed by atoms with Crippen molar-refractivity contribution in [3.63, 3.8) is 0 Å². The monoisotopic (exact) mass is 411 g/mol. The molecule has 0 aromatic rings. The van der Waals surface area contributed by atoms with Crippen molar-refractivity contribution in [2.75, 3.05) is 6.54 Å². The minimum atomic E-state index is -0.658. The standard InChI is InChI=1S/C23H30N4O3/c24-21(29)18-13-27(19(22(25)30)2-1-3-20(27)26-18)12-17(28)4-5-23-9-14-6-15(10-23)8-16(7-14)11-23/h1-3,13-17,28H,4-12H2,(H3-,24,25,29,30)/p+1/t14?,15?,16?,17-,23?,27?/m0/s1. The molecule has 4 bridgehead atoms. The van der Waals surface area contributed by atoms with Crippen LogP contribution in [-0.2, 0) is 9.59 Å². The number of aliphatic hydroxyl groups excluding tert-OH is 1. The minimum Gasteiger partial charge on any atom is -0.387 e. The molecule has 2 aliphatic heterocycles. The van der Waals surface area contributed by atoms with Gasteiger partial charge in [0.25, 0.3) is 5.91 Å². The molecule has 30 heavy (non-hydrogen) atoms. The largest absolute Gasteiger partial charge is 0.387 e. The maximum absolute atomic E-state index is 12.2. The molecule has 160 valence electrons. The maximum Gasteiger partial charge on any atom is 0.303 e. The van der Waals surface area contributed by atoms with E-state index in [1.165, 1.54) is 38.5 Å². The van der Waals surface area contributed by atoms with E-state index in [-0.39, 0.29) is 16.7 Å². The molecule has 4 saturated carbocycles. The molecule has 0 aromatic heterocycles. The fourth-order valence-electron chi connectivity index (χ4n) is 7.37. The molecule has 7 heteroatoms. The quantitative estimate of drug-likeness (QED) is 0.555. The van der Waals surface area contributed by atoms with Crippen molar-refractivity contribution in [1.29, 1.82) is 0 Å². The Balaban J connectivity index is 1.34. The molecule has 4 fully saturated rings. The Kier molecular flexibility index (Phi) is 4.52. The van der Waals surface area contributed by atoms with E-state index in [2.05, 4.69) is 4.99 Å². The van der Waals surface area contributed by atoms with Gasteiger partial charge in [-0.1, -0.05) is 0 Å². The molecular formula is C23H31N4O3+. The summed E-state index contributed by atoms with van der Waals surface area (Å²) in [5, 5.41) is 11.0. The van der Waals surface area contributed by atoms with Crippen molar-refractivity contribution in [3.05, 3.63) is 35.8 Å². The molecule has 1 unspecified atom stereocenters. The number of rotatable bonds is 7. The van der Waals surface area contributed by atoms with Crippen LogP contribution in [0.4, 0.5) is 0 Å². The van der Waals surface area contributed by atoms with E-state index in [4.69, 9.17) is 11.5 Å². The summed E-state index contributed by atoms with van der Waals surface area (Å²) in [6.07, 6.45) is 15.8. The Labute approximate surface area is 176 Å². The molecule has 0 spiro atoms. The van der Waals surface area contributed by atoms with Gasteiger partial charge >= 0.3 is 5.91 Å². The fraction of sp³-hybridized carbons (Fsp3) is 0.609. The molecule has 6 rings (SSSR count). The number of allylic oxidation sites excluding steroid dienone is 2. The Hall–Kier alpha value is -2.25. The number of nitrogens with two attached hydrogens (primary N) is 2. The number of fused-ring (bicyclic) bond motifs is 1. The number of amides is 2. The summed E-state index contributed by atoms with van der Waals surface area (Å²) in [4.78, 5) is 28.2. The maximum atomic E-state index is 12.2. The van der Waals surface area contributed by atoms with Crippen molar-refractivity contribution >= 4 is 17.6 Å². The summed E-state index contributed by atoms with van der Waals surface area (Å²) in [5.41, 5.74) is 11.9. The zero-order chi connectivity index (χ0) is 21.1. The summed E-state index contributed by atoms with van der Waals surface area (Å²) in [6.45, 7) is 0.223. The number of hydrogen-bond donors (Lipinski definition) is 3. The van der Waals surface area contributed by atoms with Crippen LogP contribution in [0.25, 0.3) is 0 Å². The van der Waals surface area contributed by atoms with Crippen LogP contribution < -0.4 is 11.5 Å². The Morgan fingerprint density at radius 3 is 2.33 bits per heavy atom.